The number of esters is 1. The zero-order valence-electron chi connectivity index (χ0n) is 17.9. The molecular formula is C23H25Cl2N3O4. The average molecular weight is 478 g/mol. The van der Waals surface area contributed by atoms with Crippen LogP contribution in [0.4, 0.5) is 0 Å². The molecule has 170 valence electrons. The second-order valence-corrected chi connectivity index (χ2v) is 8.30. The number of carbonyl (C=O) groups excluding carboxylic acids is 3. The molecule has 1 heterocycles. The molecule has 2 amide bonds. The van der Waals surface area contributed by atoms with Gasteiger partial charge in [-0.15, -0.1) is 0 Å². The molecule has 1 aliphatic heterocycles. The Balaban J connectivity index is 1.63. The summed E-state index contributed by atoms with van der Waals surface area (Å²) in [5.74, 6) is -1.00. The van der Waals surface area contributed by atoms with Crippen LogP contribution in [0.5, 0.6) is 0 Å². The van der Waals surface area contributed by atoms with Crippen LogP contribution in [-0.4, -0.2) is 66.9 Å². The number of amides is 2. The van der Waals surface area contributed by atoms with E-state index in [-0.39, 0.29) is 5.91 Å². The van der Waals surface area contributed by atoms with Crippen molar-refractivity contribution in [1.29, 1.82) is 0 Å². The number of benzene rings is 2. The Morgan fingerprint density at radius 2 is 1.53 bits per heavy atom. The molecule has 0 spiro atoms. The molecule has 0 bridgehead atoms. The van der Waals surface area contributed by atoms with Crippen LogP contribution < -0.4 is 5.32 Å². The quantitative estimate of drug-likeness (QED) is 0.646. The second-order valence-electron chi connectivity index (χ2n) is 7.48. The Bertz CT molecular complexity index is 993. The summed E-state index contributed by atoms with van der Waals surface area (Å²) in [6.07, 6.45) is 0. The molecule has 3 rings (SSSR count). The number of rotatable bonds is 6. The maximum atomic E-state index is 12.9. The van der Waals surface area contributed by atoms with Crippen molar-refractivity contribution in [2.45, 2.75) is 19.0 Å². The van der Waals surface area contributed by atoms with Gasteiger partial charge in [0, 0.05) is 31.2 Å². The molecule has 0 radical (unpaired) electrons. The van der Waals surface area contributed by atoms with E-state index in [1.54, 1.807) is 54.3 Å². The SMILES string of the molecule is COC(=O)C(c1ccccc1Cl)N1CCN(C(=O)[C@@H](C)NC(=O)c2ccccc2Cl)CC1. The van der Waals surface area contributed by atoms with Crippen LogP contribution in [0, 0.1) is 0 Å². The predicted molar refractivity (Wildman–Crippen MR) is 123 cm³/mol. The lowest BCUT2D eigenvalue weighted by Gasteiger charge is -2.39. The van der Waals surface area contributed by atoms with Crippen molar-refractivity contribution in [3.8, 4) is 0 Å². The summed E-state index contributed by atoms with van der Waals surface area (Å²) in [5, 5.41) is 3.52. The number of carbonyl (C=O) groups is 3. The van der Waals surface area contributed by atoms with Crippen LogP contribution >= 0.6 is 23.2 Å². The summed E-state index contributed by atoms with van der Waals surface area (Å²) >= 11 is 12.4. The van der Waals surface area contributed by atoms with Gasteiger partial charge in [0.2, 0.25) is 5.91 Å². The van der Waals surface area contributed by atoms with Crippen molar-refractivity contribution in [3.63, 3.8) is 0 Å². The fourth-order valence-electron chi connectivity index (χ4n) is 3.74. The zero-order valence-corrected chi connectivity index (χ0v) is 19.4. The number of halogens is 2. The number of ether oxygens (including phenoxy) is 1. The van der Waals surface area contributed by atoms with Crippen LogP contribution in [0.15, 0.2) is 48.5 Å². The van der Waals surface area contributed by atoms with E-state index in [0.717, 1.165) is 0 Å². The molecule has 0 aromatic heterocycles. The summed E-state index contributed by atoms with van der Waals surface area (Å²) in [5.41, 5.74) is 0.987. The first-order valence-electron chi connectivity index (χ1n) is 10.2. The second kappa shape index (κ2) is 10.8. The highest BCUT2D eigenvalue weighted by molar-refractivity contribution is 6.33. The van der Waals surface area contributed by atoms with E-state index in [2.05, 4.69) is 5.32 Å². The molecule has 0 aliphatic carbocycles. The van der Waals surface area contributed by atoms with Crippen LogP contribution in [0.3, 0.4) is 0 Å². The van der Waals surface area contributed by atoms with Gasteiger partial charge in [-0.3, -0.25) is 14.5 Å². The topological polar surface area (TPSA) is 79.0 Å². The van der Waals surface area contributed by atoms with Crippen molar-refractivity contribution in [1.82, 2.24) is 15.1 Å². The largest absolute Gasteiger partial charge is 0.468 e. The summed E-state index contributed by atoms with van der Waals surface area (Å²) in [6.45, 7) is 3.38. The summed E-state index contributed by atoms with van der Waals surface area (Å²) in [4.78, 5) is 41.5. The lowest BCUT2D eigenvalue weighted by molar-refractivity contribution is -0.148. The van der Waals surface area contributed by atoms with E-state index >= 15 is 0 Å². The zero-order chi connectivity index (χ0) is 23.3. The number of nitrogens with one attached hydrogen (secondary N) is 1. The third kappa shape index (κ3) is 5.41. The fourth-order valence-corrected chi connectivity index (χ4v) is 4.20. The van der Waals surface area contributed by atoms with Gasteiger partial charge in [0.05, 0.1) is 17.7 Å². The van der Waals surface area contributed by atoms with Gasteiger partial charge in [-0.25, -0.2) is 4.79 Å². The summed E-state index contributed by atoms with van der Waals surface area (Å²) in [7, 11) is 1.34. The van der Waals surface area contributed by atoms with E-state index in [0.29, 0.717) is 47.4 Å². The predicted octanol–water partition coefficient (Wildman–Crippen LogP) is 3.17. The third-order valence-electron chi connectivity index (χ3n) is 5.45. The molecule has 1 fully saturated rings. The minimum atomic E-state index is -0.717. The van der Waals surface area contributed by atoms with Gasteiger partial charge in [-0.2, -0.15) is 0 Å². The molecule has 1 N–H and O–H groups in total. The molecule has 9 heteroatoms. The van der Waals surface area contributed by atoms with E-state index < -0.39 is 24.0 Å². The molecule has 7 nitrogen and oxygen atoms in total. The van der Waals surface area contributed by atoms with Crippen LogP contribution in [0.25, 0.3) is 0 Å². The molecule has 2 aromatic rings. The van der Waals surface area contributed by atoms with Crippen molar-refractivity contribution < 1.29 is 19.1 Å². The standard InChI is InChI=1S/C23H25Cl2N3O4/c1-15(26-21(29)17-8-4-6-10-19(17)25)22(30)28-13-11-27(12-14-28)20(23(31)32-2)16-7-3-5-9-18(16)24/h3-10,15,20H,11-14H2,1-2H3,(H,26,29)/t15-,20?/m1/s1. The van der Waals surface area contributed by atoms with Gasteiger partial charge in [0.1, 0.15) is 12.1 Å². The third-order valence-corrected chi connectivity index (χ3v) is 6.13. The van der Waals surface area contributed by atoms with E-state index in [1.165, 1.54) is 7.11 Å². The Hall–Kier alpha value is -2.61. The highest BCUT2D eigenvalue weighted by Crippen LogP contribution is 2.29. The Kier molecular flexibility index (Phi) is 8.12. The van der Waals surface area contributed by atoms with E-state index in [9.17, 15) is 14.4 Å². The number of piperazine rings is 1. The monoisotopic (exact) mass is 477 g/mol. The van der Waals surface area contributed by atoms with Gasteiger partial charge >= 0.3 is 5.97 Å². The van der Waals surface area contributed by atoms with E-state index in [4.69, 9.17) is 27.9 Å². The number of hydrogen-bond acceptors (Lipinski definition) is 5. The Morgan fingerprint density at radius 3 is 2.12 bits per heavy atom. The van der Waals surface area contributed by atoms with Gasteiger partial charge in [-0.1, -0.05) is 53.5 Å². The number of hydrogen-bond donors (Lipinski definition) is 1. The minimum absolute atomic E-state index is 0.197. The van der Waals surface area contributed by atoms with Gasteiger partial charge in [0.25, 0.3) is 5.91 Å². The lowest BCUT2D eigenvalue weighted by atomic mass is 10.0. The molecule has 1 aliphatic rings. The Labute approximate surface area is 197 Å². The van der Waals surface area contributed by atoms with Crippen molar-refractivity contribution in [3.05, 3.63) is 69.7 Å². The van der Waals surface area contributed by atoms with Gasteiger partial charge in [-0.05, 0) is 30.7 Å². The highest BCUT2D eigenvalue weighted by atomic mass is 35.5. The number of nitrogens with zero attached hydrogens (tertiary/aromatic N) is 2. The molecule has 1 saturated heterocycles. The normalized spacial score (nSPS) is 16.2. The fraction of sp³-hybridized carbons (Fsp3) is 0.348. The highest BCUT2D eigenvalue weighted by Gasteiger charge is 2.34. The molecule has 2 aromatic carbocycles. The summed E-state index contributed by atoms with van der Waals surface area (Å²) in [6, 6.07) is 12.5. The molecule has 32 heavy (non-hydrogen) atoms. The number of methoxy groups -OCH3 is 1. The maximum Gasteiger partial charge on any atom is 0.327 e. The Morgan fingerprint density at radius 1 is 0.938 bits per heavy atom. The van der Waals surface area contributed by atoms with Crippen molar-refractivity contribution >= 4 is 41.0 Å². The minimum Gasteiger partial charge on any atom is -0.468 e. The summed E-state index contributed by atoms with van der Waals surface area (Å²) < 4.78 is 5.00. The first kappa shape index (κ1) is 24.0. The van der Waals surface area contributed by atoms with Gasteiger partial charge in [0.15, 0.2) is 0 Å². The maximum absolute atomic E-state index is 12.9. The van der Waals surface area contributed by atoms with Crippen LogP contribution in [0.1, 0.15) is 28.9 Å². The molecule has 2 atom stereocenters. The molecular weight excluding hydrogens is 453 g/mol. The first-order valence-corrected chi connectivity index (χ1v) is 11.0. The van der Waals surface area contributed by atoms with Crippen molar-refractivity contribution in [2.24, 2.45) is 0 Å². The smallest absolute Gasteiger partial charge is 0.327 e. The van der Waals surface area contributed by atoms with Gasteiger partial charge < -0.3 is 15.0 Å². The van der Waals surface area contributed by atoms with Crippen LogP contribution in [0.2, 0.25) is 10.0 Å². The van der Waals surface area contributed by atoms with E-state index in [1.807, 2.05) is 11.0 Å². The average Bonchev–Trinajstić information content (AvgIpc) is 2.80. The molecule has 1 unspecified atom stereocenters. The van der Waals surface area contributed by atoms with Crippen molar-refractivity contribution in [2.75, 3.05) is 33.3 Å². The van der Waals surface area contributed by atoms with Crippen LogP contribution in [-0.2, 0) is 14.3 Å². The first-order chi connectivity index (χ1) is 15.3. The lowest BCUT2D eigenvalue weighted by Crippen LogP contribution is -2.55. The molecule has 0 saturated carbocycles.